The molecule has 3 aromatic rings. The lowest BCUT2D eigenvalue weighted by atomic mass is 10.1. The number of fused-ring (bicyclic) bond motifs is 1. The average Bonchev–Trinajstić information content (AvgIpc) is 3.26. The Kier molecular flexibility index (Phi) is 5.50. The average molecular weight is 403 g/mol. The summed E-state index contributed by atoms with van der Waals surface area (Å²) in [5.74, 6) is 0.574. The van der Waals surface area contributed by atoms with Gasteiger partial charge < -0.3 is 9.84 Å². The molecule has 0 amide bonds. The van der Waals surface area contributed by atoms with Crippen molar-refractivity contribution in [2.75, 3.05) is 6.61 Å². The Bertz CT molecular complexity index is 1200. The molecule has 152 valence electrons. The van der Waals surface area contributed by atoms with E-state index in [0.29, 0.717) is 24.4 Å². The van der Waals surface area contributed by atoms with Gasteiger partial charge in [-0.2, -0.15) is 5.26 Å². The number of hydrogen-bond donors (Lipinski definition) is 1. The van der Waals surface area contributed by atoms with Crippen molar-refractivity contribution in [2.45, 2.75) is 32.0 Å². The van der Waals surface area contributed by atoms with Gasteiger partial charge in [-0.25, -0.2) is 4.79 Å². The van der Waals surface area contributed by atoms with Crippen LogP contribution in [-0.2, 0) is 19.5 Å². The van der Waals surface area contributed by atoms with Gasteiger partial charge in [0.05, 0.1) is 6.54 Å². The van der Waals surface area contributed by atoms with Gasteiger partial charge in [-0.15, -0.1) is 0 Å². The lowest BCUT2D eigenvalue weighted by Crippen LogP contribution is -2.44. The molecule has 0 saturated carbocycles. The van der Waals surface area contributed by atoms with Crippen LogP contribution in [0.4, 0.5) is 0 Å². The molecule has 0 saturated heterocycles. The third-order valence-corrected chi connectivity index (χ3v) is 5.24. The second kappa shape index (κ2) is 8.39. The Balaban J connectivity index is 1.45. The van der Waals surface area contributed by atoms with Crippen LogP contribution in [0.25, 0.3) is 11.1 Å². The minimum atomic E-state index is -1.07. The standard InChI is InChI=1S/C23H21N3O4/c24-13-20-21-7-4-12-25(21)23(29)26(22(20)28)14-18(27)15-30-19-10-8-17(9-11-19)16-5-2-1-3-6-16/h1-3,5-6,8-11,18,27H,4,7,12,14-15H2/t18-/m0/s1. The summed E-state index contributed by atoms with van der Waals surface area (Å²) >= 11 is 0. The van der Waals surface area contributed by atoms with Gasteiger partial charge in [0.25, 0.3) is 5.56 Å². The van der Waals surface area contributed by atoms with E-state index < -0.39 is 17.4 Å². The Hall–Kier alpha value is -3.63. The van der Waals surface area contributed by atoms with Gasteiger partial charge in [0.15, 0.2) is 0 Å². The second-order valence-electron chi connectivity index (χ2n) is 7.24. The highest BCUT2D eigenvalue weighted by atomic mass is 16.5. The summed E-state index contributed by atoms with van der Waals surface area (Å²) in [5, 5.41) is 19.7. The smallest absolute Gasteiger partial charge is 0.331 e. The topological polar surface area (TPSA) is 97.2 Å². The first-order chi connectivity index (χ1) is 14.6. The number of aromatic nitrogens is 2. The Morgan fingerprint density at radius 1 is 1.07 bits per heavy atom. The maximum atomic E-state index is 12.6. The fourth-order valence-electron chi connectivity index (χ4n) is 3.74. The van der Waals surface area contributed by atoms with Gasteiger partial charge in [-0.05, 0) is 36.1 Å². The SMILES string of the molecule is N#Cc1c2n(c(=O)n(C[C@H](O)COc3ccc(-c4ccccc4)cc3)c1=O)CCC2. The van der Waals surface area contributed by atoms with E-state index in [-0.39, 0.29) is 18.7 Å². The molecule has 0 bridgehead atoms. The first-order valence-corrected chi connectivity index (χ1v) is 9.81. The van der Waals surface area contributed by atoms with Crippen LogP contribution in [0.15, 0.2) is 64.2 Å². The highest BCUT2D eigenvalue weighted by molar-refractivity contribution is 5.63. The van der Waals surface area contributed by atoms with E-state index in [9.17, 15) is 20.0 Å². The number of rotatable bonds is 6. The Morgan fingerprint density at radius 3 is 2.47 bits per heavy atom. The zero-order valence-corrected chi connectivity index (χ0v) is 16.3. The molecule has 0 radical (unpaired) electrons. The van der Waals surface area contributed by atoms with Crippen LogP contribution in [-0.4, -0.2) is 27.0 Å². The molecule has 4 rings (SSSR count). The molecule has 30 heavy (non-hydrogen) atoms. The molecule has 1 aliphatic rings. The lowest BCUT2D eigenvalue weighted by molar-refractivity contribution is 0.0900. The summed E-state index contributed by atoms with van der Waals surface area (Å²) in [6, 6.07) is 19.3. The molecule has 0 spiro atoms. The summed E-state index contributed by atoms with van der Waals surface area (Å²) in [5.41, 5.74) is 1.48. The van der Waals surface area contributed by atoms with Crippen LogP contribution in [0.2, 0.25) is 0 Å². The van der Waals surface area contributed by atoms with Crippen molar-refractivity contribution < 1.29 is 9.84 Å². The number of aliphatic hydroxyl groups is 1. The van der Waals surface area contributed by atoms with Crippen molar-refractivity contribution >= 4 is 0 Å². The van der Waals surface area contributed by atoms with Gasteiger partial charge in [0.1, 0.15) is 30.1 Å². The predicted octanol–water partition coefficient (Wildman–Crippen LogP) is 1.93. The number of hydrogen-bond acceptors (Lipinski definition) is 5. The second-order valence-corrected chi connectivity index (χ2v) is 7.24. The van der Waals surface area contributed by atoms with Crippen LogP contribution >= 0.6 is 0 Å². The van der Waals surface area contributed by atoms with Crippen LogP contribution in [0.1, 0.15) is 17.7 Å². The van der Waals surface area contributed by atoms with Crippen LogP contribution in [0, 0.1) is 11.3 Å². The molecule has 1 N–H and O–H groups in total. The fraction of sp³-hybridized carbons (Fsp3) is 0.261. The molecule has 2 heterocycles. The molecule has 1 atom stereocenters. The van der Waals surface area contributed by atoms with Crippen LogP contribution < -0.4 is 16.0 Å². The maximum Gasteiger partial charge on any atom is 0.331 e. The van der Waals surface area contributed by atoms with Crippen molar-refractivity contribution in [1.29, 1.82) is 5.26 Å². The zero-order chi connectivity index (χ0) is 21.1. The summed E-state index contributed by atoms with van der Waals surface area (Å²) in [7, 11) is 0. The van der Waals surface area contributed by atoms with Crippen molar-refractivity contribution in [1.82, 2.24) is 9.13 Å². The van der Waals surface area contributed by atoms with Crippen molar-refractivity contribution in [3.63, 3.8) is 0 Å². The van der Waals surface area contributed by atoms with E-state index in [0.717, 1.165) is 22.1 Å². The van der Waals surface area contributed by atoms with Crippen molar-refractivity contribution in [3.05, 3.63) is 86.7 Å². The first kappa shape index (κ1) is 19.7. The Morgan fingerprint density at radius 2 is 1.77 bits per heavy atom. The van der Waals surface area contributed by atoms with Gasteiger partial charge in [0.2, 0.25) is 0 Å². The van der Waals surface area contributed by atoms with Crippen LogP contribution in [0.5, 0.6) is 5.75 Å². The van der Waals surface area contributed by atoms with E-state index in [1.54, 1.807) is 12.1 Å². The van der Waals surface area contributed by atoms with Gasteiger partial charge in [-0.1, -0.05) is 42.5 Å². The quantitative estimate of drug-likeness (QED) is 0.678. The van der Waals surface area contributed by atoms with Gasteiger partial charge in [0, 0.05) is 12.2 Å². The van der Waals surface area contributed by atoms with E-state index in [1.807, 2.05) is 48.5 Å². The normalized spacial score (nSPS) is 13.5. The molecule has 0 fully saturated rings. The number of ether oxygens (including phenoxy) is 1. The lowest BCUT2D eigenvalue weighted by Gasteiger charge is -2.15. The van der Waals surface area contributed by atoms with Gasteiger partial charge >= 0.3 is 5.69 Å². The summed E-state index contributed by atoms with van der Waals surface area (Å²) in [4.78, 5) is 25.1. The highest BCUT2D eigenvalue weighted by Gasteiger charge is 2.23. The molecule has 7 heteroatoms. The Labute approximate surface area is 173 Å². The monoisotopic (exact) mass is 403 g/mol. The third-order valence-electron chi connectivity index (χ3n) is 5.24. The fourth-order valence-corrected chi connectivity index (χ4v) is 3.74. The van der Waals surface area contributed by atoms with E-state index in [4.69, 9.17) is 4.74 Å². The molecular weight excluding hydrogens is 382 g/mol. The zero-order valence-electron chi connectivity index (χ0n) is 16.3. The molecule has 2 aromatic carbocycles. The molecule has 1 aliphatic heterocycles. The first-order valence-electron chi connectivity index (χ1n) is 9.81. The summed E-state index contributed by atoms with van der Waals surface area (Å²) < 4.78 is 8.01. The van der Waals surface area contributed by atoms with E-state index in [2.05, 4.69) is 0 Å². The number of nitriles is 1. The molecule has 0 unspecified atom stereocenters. The number of aliphatic hydroxyl groups excluding tert-OH is 1. The van der Waals surface area contributed by atoms with Crippen molar-refractivity contribution in [3.8, 4) is 22.9 Å². The largest absolute Gasteiger partial charge is 0.491 e. The number of nitrogens with zero attached hydrogens (tertiary/aromatic N) is 3. The minimum Gasteiger partial charge on any atom is -0.491 e. The third kappa shape index (κ3) is 3.78. The van der Waals surface area contributed by atoms with Crippen LogP contribution in [0.3, 0.4) is 0 Å². The molecule has 0 aliphatic carbocycles. The number of benzene rings is 2. The maximum absolute atomic E-state index is 12.6. The molecule has 7 nitrogen and oxygen atoms in total. The van der Waals surface area contributed by atoms with E-state index in [1.165, 1.54) is 4.57 Å². The van der Waals surface area contributed by atoms with Crippen molar-refractivity contribution in [2.24, 2.45) is 0 Å². The predicted molar refractivity (Wildman–Crippen MR) is 111 cm³/mol. The molecule has 1 aromatic heterocycles. The molecular formula is C23H21N3O4. The summed E-state index contributed by atoms with van der Waals surface area (Å²) in [6.07, 6.45) is 0.187. The summed E-state index contributed by atoms with van der Waals surface area (Å²) in [6.45, 7) is 0.165. The van der Waals surface area contributed by atoms with Gasteiger partial charge in [-0.3, -0.25) is 13.9 Å². The van der Waals surface area contributed by atoms with E-state index >= 15 is 0 Å². The minimum absolute atomic E-state index is 0.0169. The highest BCUT2D eigenvalue weighted by Crippen LogP contribution is 2.22.